The lowest BCUT2D eigenvalue weighted by molar-refractivity contribution is 0.102. The van der Waals surface area contributed by atoms with Gasteiger partial charge in [-0.2, -0.15) is 0 Å². The van der Waals surface area contributed by atoms with Crippen molar-refractivity contribution in [1.82, 2.24) is 0 Å². The Morgan fingerprint density at radius 3 is 2.28 bits per heavy atom. The molecule has 2 aromatic rings. The molecule has 0 saturated heterocycles. The van der Waals surface area contributed by atoms with Crippen LogP contribution in [0, 0.1) is 19.9 Å². The van der Waals surface area contributed by atoms with Gasteiger partial charge < -0.3 is 10.4 Å². The quantitative estimate of drug-likeness (QED) is 0.847. The van der Waals surface area contributed by atoms with Gasteiger partial charge in [0.2, 0.25) is 0 Å². The smallest absolute Gasteiger partial charge is 0.255 e. The second kappa shape index (κ2) is 4.92. The number of hydrogen-bond donors (Lipinski definition) is 2. The molecule has 0 aliphatic rings. The van der Waals surface area contributed by atoms with E-state index in [4.69, 9.17) is 0 Å². The third kappa shape index (κ3) is 2.51. The number of rotatable bonds is 2. The van der Waals surface area contributed by atoms with Crippen molar-refractivity contribution < 1.29 is 9.90 Å². The first kappa shape index (κ1) is 12.2. The number of phenols is 1. The van der Waals surface area contributed by atoms with Crippen LogP contribution in [0.15, 0.2) is 36.4 Å². The van der Waals surface area contributed by atoms with Crippen LogP contribution in [0.3, 0.4) is 0 Å². The third-order valence-electron chi connectivity index (χ3n) is 2.73. The molecule has 18 heavy (non-hydrogen) atoms. The van der Waals surface area contributed by atoms with E-state index in [0.717, 1.165) is 5.69 Å². The zero-order valence-corrected chi connectivity index (χ0v) is 10.3. The second-order valence-corrected chi connectivity index (χ2v) is 4.20. The summed E-state index contributed by atoms with van der Waals surface area (Å²) in [5.41, 5.74) is 2.65. The summed E-state index contributed by atoms with van der Waals surface area (Å²) in [5.74, 6) is 0.0493. The van der Waals surface area contributed by atoms with Crippen molar-refractivity contribution >= 4 is 11.6 Å². The zero-order chi connectivity index (χ0) is 13.1. The number of nitrogens with one attached hydrogen (secondary N) is 1. The summed E-state index contributed by atoms with van der Waals surface area (Å²) in [4.78, 5) is 12.0. The third-order valence-corrected chi connectivity index (χ3v) is 2.73. The lowest BCUT2D eigenvalue weighted by atomic mass is 10.1. The Kier molecular flexibility index (Phi) is 3.33. The zero-order valence-electron chi connectivity index (χ0n) is 10.3. The van der Waals surface area contributed by atoms with Crippen LogP contribution in [-0.2, 0) is 0 Å². The molecule has 1 amide bonds. The molecule has 0 aliphatic carbocycles. The van der Waals surface area contributed by atoms with Crippen molar-refractivity contribution in [3.63, 3.8) is 0 Å². The van der Waals surface area contributed by atoms with Crippen LogP contribution in [-0.4, -0.2) is 11.0 Å². The monoisotopic (exact) mass is 240 g/mol. The fraction of sp³-hybridized carbons (Fsp3) is 0.133. The molecule has 1 radical (unpaired) electrons. The van der Waals surface area contributed by atoms with Gasteiger partial charge in [-0.1, -0.05) is 12.1 Å². The molecule has 0 atom stereocenters. The molecule has 3 heteroatoms. The average Bonchev–Trinajstić information content (AvgIpc) is 2.36. The molecule has 2 aromatic carbocycles. The first-order valence-corrected chi connectivity index (χ1v) is 5.65. The maximum Gasteiger partial charge on any atom is 0.255 e. The van der Waals surface area contributed by atoms with Crippen LogP contribution >= 0.6 is 0 Å². The normalized spacial score (nSPS) is 10.1. The molecule has 91 valence electrons. The summed E-state index contributed by atoms with van der Waals surface area (Å²) in [6.45, 7) is 3.55. The van der Waals surface area contributed by atoms with E-state index in [1.165, 1.54) is 0 Å². The number of aromatic hydroxyl groups is 1. The molecule has 2 N–H and O–H groups in total. The van der Waals surface area contributed by atoms with Crippen LogP contribution in [0.2, 0.25) is 0 Å². The van der Waals surface area contributed by atoms with E-state index in [0.29, 0.717) is 16.7 Å². The van der Waals surface area contributed by atoms with Gasteiger partial charge in [-0.15, -0.1) is 0 Å². The van der Waals surface area contributed by atoms with Crippen molar-refractivity contribution in [2.45, 2.75) is 13.8 Å². The molecule has 0 unspecified atom stereocenters. The van der Waals surface area contributed by atoms with Crippen molar-refractivity contribution in [3.05, 3.63) is 59.2 Å². The number of amides is 1. The van der Waals surface area contributed by atoms with E-state index in [1.807, 2.05) is 0 Å². The lowest BCUT2D eigenvalue weighted by Crippen LogP contribution is -2.12. The van der Waals surface area contributed by atoms with Crippen molar-refractivity contribution in [2.75, 3.05) is 5.32 Å². The Hall–Kier alpha value is -2.29. The van der Waals surface area contributed by atoms with Gasteiger partial charge in [0.15, 0.2) is 0 Å². The van der Waals surface area contributed by atoms with E-state index < -0.39 is 0 Å². The van der Waals surface area contributed by atoms with Gasteiger partial charge in [0.25, 0.3) is 5.91 Å². The van der Waals surface area contributed by atoms with Crippen LogP contribution < -0.4 is 5.32 Å². The number of aryl methyl sites for hydroxylation is 2. The predicted octanol–water partition coefficient (Wildman–Crippen LogP) is 3.06. The molecule has 0 bridgehead atoms. The number of carbonyl (C=O) groups excluding carboxylic acids is 1. The molecule has 2 rings (SSSR count). The summed E-state index contributed by atoms with van der Waals surface area (Å²) < 4.78 is 0. The molecule has 0 fully saturated rings. The maximum absolute atomic E-state index is 12.0. The SMILES string of the molecule is Cc1cc(C(=O)Nc2cc[c]cc2)cc(C)c1O. The van der Waals surface area contributed by atoms with E-state index >= 15 is 0 Å². The number of phenolic OH excluding ortho intramolecular Hbond substituents is 1. The fourth-order valence-electron chi connectivity index (χ4n) is 1.76. The van der Waals surface area contributed by atoms with E-state index in [9.17, 15) is 9.90 Å². The first-order chi connectivity index (χ1) is 8.58. The highest BCUT2D eigenvalue weighted by Crippen LogP contribution is 2.23. The minimum atomic E-state index is -0.188. The van der Waals surface area contributed by atoms with Gasteiger partial charge in [-0.3, -0.25) is 4.79 Å². The number of benzene rings is 2. The summed E-state index contributed by atoms with van der Waals surface area (Å²) in [5, 5.41) is 12.5. The van der Waals surface area contributed by atoms with Gasteiger partial charge in [0.05, 0.1) is 0 Å². The van der Waals surface area contributed by atoms with Crippen LogP contribution in [0.25, 0.3) is 0 Å². The standard InChI is InChI=1S/C15H14NO2/c1-10-8-12(9-11(2)14(10)17)15(18)16-13-6-4-3-5-7-13/h4-9,17H,1-2H3,(H,16,18). The summed E-state index contributed by atoms with van der Waals surface area (Å²) >= 11 is 0. The largest absolute Gasteiger partial charge is 0.507 e. The van der Waals surface area contributed by atoms with Crippen molar-refractivity contribution in [3.8, 4) is 5.75 Å². The topological polar surface area (TPSA) is 49.3 Å². The summed E-state index contributed by atoms with van der Waals surface area (Å²) in [6, 6.07) is 13.3. The highest BCUT2D eigenvalue weighted by atomic mass is 16.3. The minimum Gasteiger partial charge on any atom is -0.507 e. The lowest BCUT2D eigenvalue weighted by Gasteiger charge is -2.08. The average molecular weight is 240 g/mol. The van der Waals surface area contributed by atoms with Crippen LogP contribution in [0.5, 0.6) is 5.75 Å². The minimum absolute atomic E-state index is 0.188. The van der Waals surface area contributed by atoms with E-state index in [1.54, 1.807) is 50.2 Å². The highest BCUT2D eigenvalue weighted by Gasteiger charge is 2.10. The molecule has 0 aromatic heterocycles. The van der Waals surface area contributed by atoms with Crippen molar-refractivity contribution in [2.24, 2.45) is 0 Å². The van der Waals surface area contributed by atoms with E-state index in [2.05, 4.69) is 11.4 Å². The molecule has 0 spiro atoms. The Balaban J connectivity index is 2.25. The summed E-state index contributed by atoms with van der Waals surface area (Å²) in [7, 11) is 0. The molecule has 0 aliphatic heterocycles. The van der Waals surface area contributed by atoms with Gasteiger partial charge in [0, 0.05) is 11.3 Å². The molecule has 0 heterocycles. The van der Waals surface area contributed by atoms with Gasteiger partial charge in [-0.25, -0.2) is 0 Å². The van der Waals surface area contributed by atoms with Crippen LogP contribution in [0.1, 0.15) is 21.5 Å². The first-order valence-electron chi connectivity index (χ1n) is 5.65. The van der Waals surface area contributed by atoms with Crippen molar-refractivity contribution in [1.29, 1.82) is 0 Å². The fourth-order valence-corrected chi connectivity index (χ4v) is 1.76. The van der Waals surface area contributed by atoms with Gasteiger partial charge in [0.1, 0.15) is 5.75 Å². The Morgan fingerprint density at radius 1 is 1.17 bits per heavy atom. The molecular weight excluding hydrogens is 226 g/mol. The summed E-state index contributed by atoms with van der Waals surface area (Å²) in [6.07, 6.45) is 0. The molecule has 3 nitrogen and oxygen atoms in total. The maximum atomic E-state index is 12.0. The van der Waals surface area contributed by atoms with Crippen LogP contribution in [0.4, 0.5) is 5.69 Å². The number of hydrogen-bond acceptors (Lipinski definition) is 2. The predicted molar refractivity (Wildman–Crippen MR) is 70.8 cm³/mol. The Labute approximate surface area is 106 Å². The molecular formula is C15H14NO2. The van der Waals surface area contributed by atoms with E-state index in [-0.39, 0.29) is 11.7 Å². The Bertz CT molecular complexity index is 553. The molecule has 0 saturated carbocycles. The Morgan fingerprint density at radius 2 is 1.72 bits per heavy atom. The van der Waals surface area contributed by atoms with Gasteiger partial charge >= 0.3 is 0 Å². The number of anilines is 1. The number of carbonyl (C=O) groups is 1. The second-order valence-electron chi connectivity index (χ2n) is 4.20. The highest BCUT2D eigenvalue weighted by molar-refractivity contribution is 6.04. The van der Waals surface area contributed by atoms with Gasteiger partial charge in [-0.05, 0) is 55.3 Å².